The molecule has 1 atom stereocenters. The molecule has 28 heavy (non-hydrogen) atoms. The summed E-state index contributed by atoms with van der Waals surface area (Å²) in [5.41, 5.74) is 1.71. The van der Waals surface area contributed by atoms with Gasteiger partial charge in [-0.15, -0.1) is 0 Å². The minimum absolute atomic E-state index is 0.0838. The van der Waals surface area contributed by atoms with Gasteiger partial charge in [0.15, 0.2) is 0 Å². The van der Waals surface area contributed by atoms with E-state index in [1.54, 1.807) is 24.9 Å². The first kappa shape index (κ1) is 20.5. The van der Waals surface area contributed by atoms with E-state index < -0.39 is 10.0 Å². The molecule has 3 heterocycles. The third kappa shape index (κ3) is 4.44. The van der Waals surface area contributed by atoms with Crippen molar-refractivity contribution >= 4 is 15.9 Å². The number of hydrogen-bond donors (Lipinski definition) is 1. The predicted molar refractivity (Wildman–Crippen MR) is 104 cm³/mol. The Balaban J connectivity index is 1.53. The van der Waals surface area contributed by atoms with Crippen LogP contribution in [-0.4, -0.2) is 57.8 Å². The van der Waals surface area contributed by atoms with Gasteiger partial charge in [-0.05, 0) is 38.7 Å². The number of sulfonamides is 1. The van der Waals surface area contributed by atoms with E-state index in [2.05, 4.69) is 15.5 Å². The molecule has 1 N–H and O–H groups in total. The maximum Gasteiger partial charge on any atom is 0.246 e. The second-order valence-electron chi connectivity index (χ2n) is 7.35. The highest BCUT2D eigenvalue weighted by molar-refractivity contribution is 7.89. The highest BCUT2D eigenvalue weighted by Gasteiger charge is 2.34. The molecule has 0 bridgehead atoms. The van der Waals surface area contributed by atoms with E-state index in [0.717, 1.165) is 18.5 Å². The average molecular weight is 409 g/mol. The standard InChI is InChI=1S/C18H28N6O3S/c1-14-10-21-23(12-14)8-5-7-19-18(25)16-6-4-9-24(13-16)28(26,27)17-11-20-22(3)15(17)2/h10-12,16H,4-9,13H2,1-3H3,(H,19,25)/t16-/m0/s1. The number of piperidine rings is 1. The molecular weight excluding hydrogens is 380 g/mol. The zero-order valence-corrected chi connectivity index (χ0v) is 17.4. The van der Waals surface area contributed by atoms with Gasteiger partial charge < -0.3 is 5.32 Å². The van der Waals surface area contributed by atoms with E-state index >= 15 is 0 Å². The Morgan fingerprint density at radius 2 is 2.07 bits per heavy atom. The van der Waals surface area contributed by atoms with Gasteiger partial charge in [0.05, 0.1) is 24.0 Å². The van der Waals surface area contributed by atoms with Crippen molar-refractivity contribution in [2.75, 3.05) is 19.6 Å². The lowest BCUT2D eigenvalue weighted by Gasteiger charge is -2.31. The lowest BCUT2D eigenvalue weighted by Crippen LogP contribution is -2.45. The van der Waals surface area contributed by atoms with Gasteiger partial charge in [-0.1, -0.05) is 0 Å². The lowest BCUT2D eigenvalue weighted by molar-refractivity contribution is -0.126. The number of aryl methyl sites for hydroxylation is 3. The number of aromatic nitrogens is 4. The highest BCUT2D eigenvalue weighted by atomic mass is 32.2. The predicted octanol–water partition coefficient (Wildman–Crippen LogP) is 0.841. The molecule has 0 unspecified atom stereocenters. The summed E-state index contributed by atoms with van der Waals surface area (Å²) in [7, 11) is -1.93. The molecule has 1 aliphatic rings. The van der Waals surface area contributed by atoms with Crippen LogP contribution in [0.4, 0.5) is 0 Å². The average Bonchev–Trinajstić information content (AvgIpc) is 3.24. The molecule has 0 aromatic carbocycles. The van der Waals surface area contributed by atoms with E-state index in [1.165, 1.54) is 10.5 Å². The molecule has 0 radical (unpaired) electrons. The van der Waals surface area contributed by atoms with Gasteiger partial charge in [0.1, 0.15) is 4.90 Å². The SMILES string of the molecule is Cc1cnn(CCCNC(=O)[C@H]2CCCN(S(=O)(=O)c3cnn(C)c3C)C2)c1. The second-order valence-corrected chi connectivity index (χ2v) is 9.25. The fourth-order valence-corrected chi connectivity index (χ4v) is 5.14. The maximum absolute atomic E-state index is 12.9. The molecule has 1 amide bonds. The largest absolute Gasteiger partial charge is 0.356 e. The van der Waals surface area contributed by atoms with Crippen molar-refractivity contribution in [1.29, 1.82) is 0 Å². The first-order valence-corrected chi connectivity index (χ1v) is 11.0. The first-order valence-electron chi connectivity index (χ1n) is 9.54. The number of nitrogens with zero attached hydrogens (tertiary/aromatic N) is 5. The molecule has 3 rings (SSSR count). The molecule has 0 saturated carbocycles. The van der Waals surface area contributed by atoms with Crippen LogP contribution in [0.3, 0.4) is 0 Å². The summed E-state index contributed by atoms with van der Waals surface area (Å²) < 4.78 is 30.7. The number of rotatable bonds is 7. The minimum atomic E-state index is -3.64. The Hall–Kier alpha value is -2.20. The van der Waals surface area contributed by atoms with Gasteiger partial charge in [-0.2, -0.15) is 14.5 Å². The number of hydrogen-bond acceptors (Lipinski definition) is 5. The molecule has 2 aromatic heterocycles. The van der Waals surface area contributed by atoms with Crippen molar-refractivity contribution in [3.63, 3.8) is 0 Å². The van der Waals surface area contributed by atoms with E-state index in [0.29, 0.717) is 31.6 Å². The first-order chi connectivity index (χ1) is 13.3. The Labute approximate surface area is 165 Å². The fourth-order valence-electron chi connectivity index (χ4n) is 3.43. The number of amides is 1. The van der Waals surface area contributed by atoms with Crippen molar-refractivity contribution in [2.24, 2.45) is 13.0 Å². The summed E-state index contributed by atoms with van der Waals surface area (Å²) in [5, 5.41) is 11.2. The number of nitrogens with one attached hydrogen (secondary N) is 1. The van der Waals surface area contributed by atoms with Crippen molar-refractivity contribution in [1.82, 2.24) is 29.2 Å². The highest BCUT2D eigenvalue weighted by Crippen LogP contribution is 2.25. The quantitative estimate of drug-likeness (QED) is 0.684. The van der Waals surface area contributed by atoms with Gasteiger partial charge in [-0.25, -0.2) is 8.42 Å². The summed E-state index contributed by atoms with van der Waals surface area (Å²) in [6.45, 7) is 5.64. The third-order valence-electron chi connectivity index (χ3n) is 5.19. The summed E-state index contributed by atoms with van der Waals surface area (Å²) in [5.74, 6) is -0.410. The lowest BCUT2D eigenvalue weighted by atomic mass is 9.99. The van der Waals surface area contributed by atoms with Gasteiger partial charge in [-0.3, -0.25) is 14.2 Å². The van der Waals surface area contributed by atoms with E-state index in [4.69, 9.17) is 0 Å². The van der Waals surface area contributed by atoms with Crippen LogP contribution in [0, 0.1) is 19.8 Å². The van der Waals surface area contributed by atoms with Gasteiger partial charge >= 0.3 is 0 Å². The van der Waals surface area contributed by atoms with E-state index in [1.807, 2.05) is 17.8 Å². The zero-order valence-electron chi connectivity index (χ0n) is 16.6. The van der Waals surface area contributed by atoms with Gasteiger partial charge in [0, 0.05) is 39.4 Å². The van der Waals surface area contributed by atoms with Crippen molar-refractivity contribution in [3.05, 3.63) is 29.8 Å². The molecule has 1 saturated heterocycles. The second kappa shape index (κ2) is 8.44. The van der Waals surface area contributed by atoms with Gasteiger partial charge in [0.25, 0.3) is 0 Å². The van der Waals surface area contributed by atoms with Crippen LogP contribution in [0.5, 0.6) is 0 Å². The maximum atomic E-state index is 12.9. The third-order valence-corrected chi connectivity index (χ3v) is 7.16. The minimum Gasteiger partial charge on any atom is -0.356 e. The molecule has 1 aliphatic heterocycles. The van der Waals surface area contributed by atoms with Crippen LogP contribution >= 0.6 is 0 Å². The Bertz CT molecular complexity index is 933. The number of carbonyl (C=O) groups excluding carboxylic acids is 1. The molecule has 1 fully saturated rings. The molecule has 9 nitrogen and oxygen atoms in total. The van der Waals surface area contributed by atoms with Crippen LogP contribution < -0.4 is 5.32 Å². The molecule has 2 aromatic rings. The smallest absolute Gasteiger partial charge is 0.246 e. The van der Waals surface area contributed by atoms with Crippen molar-refractivity contribution in [3.8, 4) is 0 Å². The number of carbonyl (C=O) groups is 1. The van der Waals surface area contributed by atoms with Crippen LogP contribution in [0.2, 0.25) is 0 Å². The molecule has 154 valence electrons. The summed E-state index contributed by atoms with van der Waals surface area (Å²) in [4.78, 5) is 12.7. The van der Waals surface area contributed by atoms with Crippen LogP contribution in [-0.2, 0) is 28.4 Å². The zero-order chi connectivity index (χ0) is 20.3. The van der Waals surface area contributed by atoms with Crippen LogP contribution in [0.15, 0.2) is 23.5 Å². The Kier molecular flexibility index (Phi) is 6.19. The monoisotopic (exact) mass is 408 g/mol. The fraction of sp³-hybridized carbons (Fsp3) is 0.611. The topological polar surface area (TPSA) is 102 Å². The Morgan fingerprint density at radius 3 is 2.71 bits per heavy atom. The van der Waals surface area contributed by atoms with Gasteiger partial charge in [0.2, 0.25) is 15.9 Å². The summed E-state index contributed by atoms with van der Waals surface area (Å²) in [6, 6.07) is 0. The normalized spacial score (nSPS) is 18.3. The van der Waals surface area contributed by atoms with Crippen molar-refractivity contribution in [2.45, 2.75) is 44.6 Å². The summed E-state index contributed by atoms with van der Waals surface area (Å²) in [6.07, 6.45) is 7.29. The van der Waals surface area contributed by atoms with E-state index in [-0.39, 0.29) is 23.3 Å². The van der Waals surface area contributed by atoms with E-state index in [9.17, 15) is 13.2 Å². The Morgan fingerprint density at radius 1 is 1.29 bits per heavy atom. The van der Waals surface area contributed by atoms with Crippen molar-refractivity contribution < 1.29 is 13.2 Å². The molecule has 10 heteroatoms. The molecule has 0 aliphatic carbocycles. The summed E-state index contributed by atoms with van der Waals surface area (Å²) >= 11 is 0. The van der Waals surface area contributed by atoms with Crippen LogP contribution in [0.1, 0.15) is 30.5 Å². The van der Waals surface area contributed by atoms with Crippen LogP contribution in [0.25, 0.3) is 0 Å². The molecular formula is C18H28N6O3S. The molecule has 0 spiro atoms.